The third kappa shape index (κ3) is 21.0. The maximum atomic E-state index is 14.1. The summed E-state index contributed by atoms with van der Waals surface area (Å²) in [6.45, 7) is 18.5. The van der Waals surface area contributed by atoms with Crippen LogP contribution in [0.4, 0.5) is 0 Å². The van der Waals surface area contributed by atoms with E-state index in [2.05, 4.69) is 272 Å². The van der Waals surface area contributed by atoms with E-state index in [9.17, 15) is 33.7 Å². The van der Waals surface area contributed by atoms with E-state index in [1.165, 1.54) is 47.5 Å². The number of aromatic amines is 2. The zero-order valence-electron chi connectivity index (χ0n) is 74.8. The standard InChI is InChI=1S/C35H35N5O2S.C23H18BrN3O2S.C15H12BrIN2O2S.C14H10BrIN2O2S.C8H5BrIN.C8H6BrN/c1-24-4-11-31(12-5-24)43(41,42)40-25(2)34(29-10-13-33-28(20-29)14-15-36-33)32-21-30(22-37-35(32)40)27-8-6-26(7-9-27)23-39-18-16-38(3)17-19-39;1-14-3-6-19(7-4-14)30(28,29)27-15(2)22(20-12-18(24)13-26-23(20)27)17-5-8-21-16(11-17)9-10-25-21;1-9-3-5-12(6-4-9)22(20,21)19-10(2)14(17)13-7-11(16)8-18-15(13)19;1-9-2-4-11(5-3-9)21(19,20)18-8-13(16)12-6-10(15)7-17-14(12)18;9-5-3-6-7(10)1-2-8(6)11-4-5;9-7-4-6-2-1-3-8(6)10-5-7/h4-15,20-22,36H,16-19,23H2,1-3H3;3-13,25H,1-2H3;3-8H,1-2H3;2-8H,1H3;1,3-4H,2H2;1-2,4-5H,3H2. The van der Waals surface area contributed by atoms with Gasteiger partial charge < -0.3 is 14.9 Å². The molecule has 2 aliphatic carbocycles. The van der Waals surface area contributed by atoms with Gasteiger partial charge in [0.05, 0.1) is 31.0 Å². The van der Waals surface area contributed by atoms with Crippen LogP contribution in [0.5, 0.6) is 0 Å². The average Bonchev–Trinajstić information content (AvgIpc) is 1.52. The van der Waals surface area contributed by atoms with Crippen LogP contribution in [0, 0.1) is 55.6 Å². The zero-order chi connectivity index (χ0) is 96.8. The second kappa shape index (κ2) is 41.3. The zero-order valence-corrected chi connectivity index (χ0v) is 92.5. The van der Waals surface area contributed by atoms with Crippen molar-refractivity contribution < 1.29 is 33.7 Å². The number of benzene rings is 7. The lowest BCUT2D eigenvalue weighted by Gasteiger charge is -2.32. The van der Waals surface area contributed by atoms with Crippen molar-refractivity contribution in [1.82, 2.24) is 65.6 Å². The first-order chi connectivity index (χ1) is 65.5. The topological polar surface area (TPSA) is 272 Å². The Hall–Kier alpha value is -9.53. The summed E-state index contributed by atoms with van der Waals surface area (Å²) in [6, 6.07) is 64.5. The molecule has 0 amide bonds. The minimum Gasteiger partial charge on any atom is -0.361 e. The number of aromatic nitrogens is 12. The van der Waals surface area contributed by atoms with Crippen molar-refractivity contribution in [2.45, 2.75) is 87.4 Å². The van der Waals surface area contributed by atoms with Crippen molar-refractivity contribution in [3.63, 3.8) is 0 Å². The number of allylic oxidation sites excluding steroid dienone is 2. The van der Waals surface area contributed by atoms with Crippen LogP contribution in [0.2, 0.25) is 0 Å². The predicted molar refractivity (Wildman–Crippen MR) is 592 cm³/mol. The van der Waals surface area contributed by atoms with Gasteiger partial charge in [-0.05, 0) is 363 Å². The number of nitrogens with one attached hydrogen (secondary N) is 2. The number of likely N-dealkylation sites (N-methyl/N-ethyl adjacent to an activating group) is 1. The highest BCUT2D eigenvalue weighted by atomic mass is 127. The van der Waals surface area contributed by atoms with E-state index < -0.39 is 40.1 Å². The molecule has 0 radical (unpaired) electrons. The molecule has 2 N–H and O–H groups in total. The van der Waals surface area contributed by atoms with Gasteiger partial charge in [0.25, 0.3) is 40.1 Å². The summed E-state index contributed by atoms with van der Waals surface area (Å²) in [5, 5.41) is 5.36. The van der Waals surface area contributed by atoms with Crippen molar-refractivity contribution >= 4 is 263 Å². The van der Waals surface area contributed by atoms with Gasteiger partial charge in [-0.2, -0.15) is 0 Å². The number of rotatable bonds is 13. The lowest BCUT2D eigenvalue weighted by molar-refractivity contribution is 0.148. The number of hydrogen-bond acceptors (Lipinski definition) is 16. The molecule has 7 aromatic carbocycles. The third-order valence-corrected chi connectivity index (χ3v) is 36.3. The third-order valence-electron chi connectivity index (χ3n) is 23.8. The van der Waals surface area contributed by atoms with Gasteiger partial charge in [-0.1, -0.05) is 125 Å². The number of aryl methyl sites for hydroxylation is 4. The van der Waals surface area contributed by atoms with Crippen LogP contribution < -0.4 is 0 Å². The van der Waals surface area contributed by atoms with Crippen LogP contribution in [0.1, 0.15) is 67.4 Å². The summed E-state index contributed by atoms with van der Waals surface area (Å²) in [6.07, 6.45) is 24.1. The number of pyridine rings is 6. The predicted octanol–water partition coefficient (Wildman–Crippen LogP) is 26.0. The number of nitrogens with zero attached hydrogens (tertiary/aromatic N) is 12. The molecular formula is C103H86Br5I3N14O8S4. The number of hydrogen-bond donors (Lipinski definition) is 2. The monoisotopic (exact) mass is 2550 g/mol. The Labute approximate surface area is 877 Å². The van der Waals surface area contributed by atoms with Crippen molar-refractivity contribution in [1.29, 1.82) is 0 Å². The minimum absolute atomic E-state index is 0.241. The Balaban J connectivity index is 0.000000121. The van der Waals surface area contributed by atoms with Gasteiger partial charge >= 0.3 is 0 Å². The summed E-state index contributed by atoms with van der Waals surface area (Å²) in [7, 11) is -12.8. The summed E-state index contributed by atoms with van der Waals surface area (Å²) in [5.74, 6) is 0. The maximum Gasteiger partial charge on any atom is 0.269 e. The quantitative estimate of drug-likeness (QED) is 0.102. The molecule has 0 saturated carbocycles. The summed E-state index contributed by atoms with van der Waals surface area (Å²) in [5.41, 5.74) is 21.6. The molecule has 0 bridgehead atoms. The Bertz CT molecular complexity index is 8480. The fourth-order valence-electron chi connectivity index (χ4n) is 16.6. The number of fused-ring (bicyclic) bond motifs is 8. The lowest BCUT2D eigenvalue weighted by Crippen LogP contribution is -2.43. The molecule has 3 aliphatic rings. The molecule has 0 unspecified atom stereocenters. The van der Waals surface area contributed by atoms with Gasteiger partial charge in [0.1, 0.15) is 0 Å². The normalized spacial score (nSPS) is 13.3. The average molecular weight is 2560 g/mol. The van der Waals surface area contributed by atoms with Crippen LogP contribution in [-0.4, -0.2) is 132 Å². The highest BCUT2D eigenvalue weighted by Gasteiger charge is 2.32. The fourth-order valence-corrected chi connectivity index (χ4v) is 26.5. The van der Waals surface area contributed by atoms with Crippen LogP contribution in [0.3, 0.4) is 0 Å². The number of piperazine rings is 1. The van der Waals surface area contributed by atoms with E-state index in [4.69, 9.17) is 4.98 Å². The summed E-state index contributed by atoms with van der Waals surface area (Å²) < 4.78 is 120. The Kier molecular flexibility index (Phi) is 29.9. The van der Waals surface area contributed by atoms with Gasteiger partial charge in [0, 0.05) is 206 Å². The molecule has 137 heavy (non-hydrogen) atoms. The van der Waals surface area contributed by atoms with Crippen molar-refractivity contribution in [3.05, 3.63) is 371 Å². The summed E-state index contributed by atoms with van der Waals surface area (Å²) >= 11 is 23.6. The first-order valence-electron chi connectivity index (χ1n) is 43.1. The van der Waals surface area contributed by atoms with Gasteiger partial charge in [-0.15, -0.1) is 0 Å². The van der Waals surface area contributed by atoms with E-state index in [0.29, 0.717) is 39.7 Å². The smallest absolute Gasteiger partial charge is 0.269 e. The molecule has 0 spiro atoms. The van der Waals surface area contributed by atoms with E-state index >= 15 is 0 Å². The van der Waals surface area contributed by atoms with E-state index in [1.807, 2.05) is 133 Å². The van der Waals surface area contributed by atoms with Crippen molar-refractivity contribution in [2.24, 2.45) is 0 Å². The second-order valence-electron chi connectivity index (χ2n) is 33.4. The molecule has 13 heterocycles. The van der Waals surface area contributed by atoms with Crippen molar-refractivity contribution in [2.75, 3.05) is 33.2 Å². The molecule has 22 rings (SSSR count). The number of H-pyrrole nitrogens is 2. The van der Waals surface area contributed by atoms with Gasteiger partial charge in [0.15, 0.2) is 22.6 Å². The highest BCUT2D eigenvalue weighted by molar-refractivity contribution is 14.1. The van der Waals surface area contributed by atoms with Crippen molar-refractivity contribution in [3.8, 4) is 33.4 Å². The van der Waals surface area contributed by atoms with Crippen LogP contribution in [0.25, 0.3) is 109 Å². The van der Waals surface area contributed by atoms with Crippen LogP contribution in [0.15, 0.2) is 316 Å². The molecule has 34 heteroatoms. The molecule has 1 saturated heterocycles. The molecule has 696 valence electrons. The van der Waals surface area contributed by atoms with Crippen LogP contribution >= 0.6 is 147 Å². The minimum atomic E-state index is -3.89. The van der Waals surface area contributed by atoms with Crippen LogP contribution in [-0.2, 0) is 59.5 Å². The van der Waals surface area contributed by atoms with E-state index in [-0.39, 0.29) is 19.6 Å². The summed E-state index contributed by atoms with van der Waals surface area (Å²) in [4.78, 5) is 38.7. The first-order valence-corrected chi connectivity index (χ1v) is 56.0. The molecule has 1 aliphatic heterocycles. The largest absolute Gasteiger partial charge is 0.361 e. The molecule has 12 aromatic heterocycles. The van der Waals surface area contributed by atoms with Gasteiger partial charge in [-0.25, -0.2) is 69.5 Å². The second-order valence-corrected chi connectivity index (χ2v) is 48.5. The van der Waals surface area contributed by atoms with E-state index in [1.54, 1.807) is 123 Å². The highest BCUT2D eigenvalue weighted by Crippen LogP contribution is 2.43. The van der Waals surface area contributed by atoms with Gasteiger partial charge in [-0.3, -0.25) is 14.9 Å². The first kappa shape index (κ1) is 99.1. The molecular weight excluding hydrogens is 2470 g/mol. The molecule has 0 atom stereocenters. The Morgan fingerprint density at radius 2 is 0.788 bits per heavy atom. The maximum absolute atomic E-state index is 14.1. The lowest BCUT2D eigenvalue weighted by atomic mass is 9.99. The fraction of sp³-hybridized carbons (Fsp3) is 0.146. The Morgan fingerprint density at radius 3 is 1.29 bits per heavy atom. The Morgan fingerprint density at radius 1 is 0.380 bits per heavy atom. The SMILES string of the molecule is Brc1cnc2c(c1)C(I)=CC2.Brc1cnc2c(c1)C=CC2.Cc1ccc(S(=O)(=O)n2c(C)c(-c3ccc4[nH]ccc4c3)c3cc(-c4ccc(CN5CCN(C)CC5)cc4)cnc32)cc1.Cc1ccc(S(=O)(=O)n2c(C)c(-c3ccc4[nH]ccc4c3)c3cc(Br)cnc32)cc1.Cc1ccc(S(=O)(=O)n2c(C)c(I)c3cc(Br)cnc32)cc1.Cc1ccc(S(=O)(=O)n2cc(I)c3cc(Br)cnc32)cc1. The molecule has 19 aromatic rings. The molecule has 22 nitrogen and oxygen atoms in total. The van der Waals surface area contributed by atoms with Gasteiger partial charge in [0.2, 0.25) is 0 Å². The number of halogens is 8. The van der Waals surface area contributed by atoms with E-state index in [0.717, 1.165) is 174 Å². The molecule has 1 fully saturated rings.